The Morgan fingerprint density at radius 1 is 1.00 bits per heavy atom. The zero-order chi connectivity index (χ0) is 31.9. The molecule has 1 aromatic carbocycles. The molecule has 4 heterocycles. The number of likely N-dealkylation sites (tertiary alicyclic amines) is 1. The van der Waals surface area contributed by atoms with Crippen molar-refractivity contribution in [2.45, 2.75) is 95.5 Å². The van der Waals surface area contributed by atoms with E-state index in [1.54, 1.807) is 10.4 Å². The Hall–Kier alpha value is -2.47. The maximum atomic E-state index is 14.5. The topological polar surface area (TPSA) is 90.0 Å². The van der Waals surface area contributed by atoms with Gasteiger partial charge in [0, 0.05) is 63.4 Å². The molecule has 0 spiro atoms. The smallest absolute Gasteiger partial charge is 0.257 e. The Morgan fingerprint density at radius 3 is 2.27 bits per heavy atom. The molecule has 0 radical (unpaired) electrons. The van der Waals surface area contributed by atoms with Crippen LogP contribution in [0.5, 0.6) is 0 Å². The molecule has 3 aliphatic heterocycles. The van der Waals surface area contributed by atoms with Crippen molar-refractivity contribution in [3.63, 3.8) is 0 Å². The zero-order valence-corrected chi connectivity index (χ0v) is 28.1. The third kappa shape index (κ3) is 6.82. The van der Waals surface area contributed by atoms with Crippen LogP contribution in [0.3, 0.4) is 0 Å². The van der Waals surface area contributed by atoms with Crippen LogP contribution in [-0.4, -0.2) is 106 Å². The van der Waals surface area contributed by atoms with Gasteiger partial charge < -0.3 is 4.90 Å². The van der Waals surface area contributed by atoms with E-state index in [9.17, 15) is 17.6 Å². The maximum Gasteiger partial charge on any atom is 0.257 e. The molecular weight excluding hydrogens is 591 g/mol. The number of sulfonamides is 1. The second kappa shape index (κ2) is 13.0. The maximum absolute atomic E-state index is 14.5. The first kappa shape index (κ1) is 32.5. The first-order valence-electron chi connectivity index (χ1n) is 16.8. The van der Waals surface area contributed by atoms with Gasteiger partial charge in [-0.25, -0.2) is 27.1 Å². The van der Waals surface area contributed by atoms with Crippen LogP contribution in [0.25, 0.3) is 0 Å². The molecule has 9 nitrogen and oxygen atoms in total. The summed E-state index contributed by atoms with van der Waals surface area (Å²) in [6, 6.07) is 7.41. The highest BCUT2D eigenvalue weighted by atomic mass is 32.2. The monoisotopic (exact) mass is 640 g/mol. The van der Waals surface area contributed by atoms with Crippen molar-refractivity contribution in [1.29, 1.82) is 0 Å². The lowest BCUT2D eigenvalue weighted by molar-refractivity contribution is -0.0340. The molecule has 1 amide bonds. The molecule has 3 saturated heterocycles. The van der Waals surface area contributed by atoms with Gasteiger partial charge in [-0.1, -0.05) is 12.1 Å². The summed E-state index contributed by atoms with van der Waals surface area (Å²) in [4.78, 5) is 29.0. The Morgan fingerprint density at radius 2 is 1.67 bits per heavy atom. The first-order valence-corrected chi connectivity index (χ1v) is 18.3. The number of aryl methyl sites for hydroxylation is 2. The second-order valence-corrected chi connectivity index (χ2v) is 16.3. The van der Waals surface area contributed by atoms with Crippen LogP contribution in [0.15, 0.2) is 30.6 Å². The van der Waals surface area contributed by atoms with Crippen molar-refractivity contribution in [1.82, 2.24) is 29.0 Å². The lowest BCUT2D eigenvalue weighted by Crippen LogP contribution is -2.62. The Labute approximate surface area is 268 Å². The summed E-state index contributed by atoms with van der Waals surface area (Å²) < 4.78 is 41.8. The number of rotatable bonds is 8. The molecule has 2 aromatic rings. The molecule has 0 bridgehead atoms. The van der Waals surface area contributed by atoms with Crippen molar-refractivity contribution in [2.24, 2.45) is 5.92 Å². The standard InChI is InChI=1S/C34H49FN6O3S/c1-24-22-39(34(4)12-16-38(17-13-34)33(42)32-25(2)36-23-37-26(32)3)18-19-41(24)31(28-6-5-7-29(35)21-28)20-27-10-14-40(15-11-27)45(43,44)30-8-9-30/h5-7,21,23-24,27,30-31H,8-20,22H2,1-4H3/t24?,31-/m1/s1. The van der Waals surface area contributed by atoms with E-state index in [4.69, 9.17) is 0 Å². The number of piperazine rings is 1. The van der Waals surface area contributed by atoms with Gasteiger partial charge in [0.15, 0.2) is 0 Å². The van der Waals surface area contributed by atoms with Crippen molar-refractivity contribution in [3.05, 3.63) is 58.9 Å². The van der Waals surface area contributed by atoms with Crippen LogP contribution in [0, 0.1) is 25.6 Å². The Kier molecular flexibility index (Phi) is 9.36. The third-order valence-corrected chi connectivity index (χ3v) is 13.5. The van der Waals surface area contributed by atoms with E-state index in [-0.39, 0.29) is 34.6 Å². The highest BCUT2D eigenvalue weighted by Crippen LogP contribution is 2.39. The van der Waals surface area contributed by atoms with Crippen molar-refractivity contribution >= 4 is 15.9 Å². The van der Waals surface area contributed by atoms with E-state index >= 15 is 0 Å². The number of benzene rings is 1. The van der Waals surface area contributed by atoms with Crippen molar-refractivity contribution < 1.29 is 17.6 Å². The van der Waals surface area contributed by atoms with Gasteiger partial charge >= 0.3 is 0 Å². The highest BCUT2D eigenvalue weighted by molar-refractivity contribution is 7.90. The fourth-order valence-corrected chi connectivity index (χ4v) is 9.84. The molecular formula is C34H49FN6O3S. The van der Waals surface area contributed by atoms with Crippen LogP contribution >= 0.6 is 0 Å². The summed E-state index contributed by atoms with van der Waals surface area (Å²) in [6.07, 6.45) is 7.54. The normalized spacial score (nSPS) is 24.9. The fraction of sp³-hybridized carbons (Fsp3) is 0.676. The predicted molar refractivity (Wildman–Crippen MR) is 173 cm³/mol. The van der Waals surface area contributed by atoms with Crippen LogP contribution < -0.4 is 0 Å². The fourth-order valence-electron chi connectivity index (χ4n) is 7.96. The lowest BCUT2D eigenvalue weighted by Gasteiger charge is -2.53. The Bertz CT molecular complexity index is 1460. The summed E-state index contributed by atoms with van der Waals surface area (Å²) in [5.74, 6) is 0.214. The van der Waals surface area contributed by atoms with Gasteiger partial charge in [-0.05, 0) is 96.3 Å². The number of hydrogen-bond acceptors (Lipinski definition) is 7. The molecule has 4 aliphatic rings. The minimum Gasteiger partial charge on any atom is -0.338 e. The molecule has 1 unspecified atom stereocenters. The molecule has 4 fully saturated rings. The molecule has 246 valence electrons. The van der Waals surface area contributed by atoms with E-state index in [1.807, 2.05) is 24.8 Å². The van der Waals surface area contributed by atoms with E-state index in [0.717, 1.165) is 81.5 Å². The molecule has 1 aromatic heterocycles. The van der Waals surface area contributed by atoms with E-state index in [1.165, 1.54) is 12.4 Å². The molecule has 2 atom stereocenters. The minimum absolute atomic E-state index is 0.00262. The minimum atomic E-state index is -3.14. The predicted octanol–water partition coefficient (Wildman–Crippen LogP) is 4.57. The van der Waals surface area contributed by atoms with Crippen molar-refractivity contribution in [3.8, 4) is 0 Å². The lowest BCUT2D eigenvalue weighted by atomic mass is 9.84. The molecule has 11 heteroatoms. The molecule has 0 N–H and O–H groups in total. The summed E-state index contributed by atoms with van der Waals surface area (Å²) in [5, 5.41) is -0.160. The van der Waals surface area contributed by atoms with Gasteiger partial charge in [0.2, 0.25) is 10.0 Å². The molecule has 45 heavy (non-hydrogen) atoms. The van der Waals surface area contributed by atoms with Crippen LogP contribution in [0.2, 0.25) is 0 Å². The van der Waals surface area contributed by atoms with E-state index in [2.05, 4.69) is 39.7 Å². The summed E-state index contributed by atoms with van der Waals surface area (Å²) in [7, 11) is -3.14. The SMILES string of the molecule is Cc1ncnc(C)c1C(=O)N1CCC(C)(N2CCN([C@H](CC3CCN(S(=O)(=O)C4CC4)CC3)c3cccc(F)c3)C(C)C2)CC1. The van der Waals surface area contributed by atoms with Crippen LogP contribution in [0.1, 0.15) is 92.1 Å². The number of halogens is 1. The molecule has 1 aliphatic carbocycles. The summed E-state index contributed by atoms with van der Waals surface area (Å²) in [5.41, 5.74) is 3.10. The van der Waals surface area contributed by atoms with E-state index in [0.29, 0.717) is 37.7 Å². The highest BCUT2D eigenvalue weighted by Gasteiger charge is 2.43. The average Bonchev–Trinajstić information content (AvgIpc) is 3.87. The van der Waals surface area contributed by atoms with Gasteiger partial charge in [-0.2, -0.15) is 0 Å². The third-order valence-electron chi connectivity index (χ3n) is 11.1. The van der Waals surface area contributed by atoms with Crippen LogP contribution in [0.4, 0.5) is 4.39 Å². The number of hydrogen-bond donors (Lipinski definition) is 0. The van der Waals surface area contributed by atoms with Gasteiger partial charge in [-0.3, -0.25) is 14.6 Å². The second-order valence-electron chi connectivity index (χ2n) is 14.1. The van der Waals surface area contributed by atoms with Gasteiger partial charge in [-0.15, -0.1) is 0 Å². The summed E-state index contributed by atoms with van der Waals surface area (Å²) in [6.45, 7) is 13.7. The number of nitrogens with zero attached hydrogens (tertiary/aromatic N) is 6. The van der Waals surface area contributed by atoms with Gasteiger partial charge in [0.1, 0.15) is 12.1 Å². The Balaban J connectivity index is 1.10. The molecule has 6 rings (SSSR count). The van der Waals surface area contributed by atoms with Gasteiger partial charge in [0.05, 0.1) is 22.2 Å². The number of carbonyl (C=O) groups is 1. The average molecular weight is 641 g/mol. The quantitative estimate of drug-likeness (QED) is 0.418. The number of amides is 1. The van der Waals surface area contributed by atoms with E-state index < -0.39 is 10.0 Å². The molecule has 1 saturated carbocycles. The largest absolute Gasteiger partial charge is 0.338 e. The van der Waals surface area contributed by atoms with Crippen molar-refractivity contribution in [2.75, 3.05) is 45.8 Å². The number of aromatic nitrogens is 2. The van der Waals surface area contributed by atoms with Gasteiger partial charge in [0.25, 0.3) is 5.91 Å². The zero-order valence-electron chi connectivity index (χ0n) is 27.3. The number of piperidine rings is 2. The van der Waals surface area contributed by atoms with Crippen LogP contribution in [-0.2, 0) is 10.0 Å². The number of carbonyl (C=O) groups excluding carboxylic acids is 1. The first-order chi connectivity index (χ1) is 21.5. The summed E-state index contributed by atoms with van der Waals surface area (Å²) >= 11 is 0.